The van der Waals surface area contributed by atoms with E-state index in [2.05, 4.69) is 72.8 Å². The molecule has 0 amide bonds. The molecule has 4 rings (SSSR count). The van der Waals surface area contributed by atoms with Gasteiger partial charge in [0.1, 0.15) is 0 Å². The smallest absolute Gasteiger partial charge is 0.00990 e. The van der Waals surface area contributed by atoms with Gasteiger partial charge >= 0.3 is 24.4 Å². The molecule has 1 heteroatoms. The van der Waals surface area contributed by atoms with Crippen LogP contribution in [0.2, 0.25) is 0 Å². The molecule has 0 aliphatic carbocycles. The monoisotopic (exact) mass is 352 g/mol. The molecular formula is C18H15Sb. The summed E-state index contributed by atoms with van der Waals surface area (Å²) in [7, 11) is 0. The van der Waals surface area contributed by atoms with Crippen molar-refractivity contribution in [3.63, 3.8) is 0 Å². The third kappa shape index (κ3) is 1.83. The van der Waals surface area contributed by atoms with Gasteiger partial charge in [-0.05, 0) is 32.3 Å². The van der Waals surface area contributed by atoms with Crippen LogP contribution >= 0.6 is 0 Å². The van der Waals surface area contributed by atoms with Crippen molar-refractivity contribution in [1.29, 1.82) is 0 Å². The fraction of sp³-hybridized carbons (Fsp3) is 0. The summed E-state index contributed by atoms with van der Waals surface area (Å²) in [5.74, 6) is 0. The number of fused-ring (bicyclic) bond motifs is 6. The van der Waals surface area contributed by atoms with E-state index in [4.69, 9.17) is 0 Å². The number of hydrogen-bond acceptors (Lipinski definition) is 0. The number of hydrogen-bond donors (Lipinski definition) is 0. The van der Waals surface area contributed by atoms with E-state index in [-0.39, 0.29) is 24.4 Å². The molecule has 19 heavy (non-hydrogen) atoms. The Morgan fingerprint density at radius 3 is 0.632 bits per heavy atom. The second-order valence-electron chi connectivity index (χ2n) is 4.64. The van der Waals surface area contributed by atoms with E-state index in [1.54, 1.807) is 0 Å². The first kappa shape index (κ1) is 12.5. The molecule has 0 aliphatic heterocycles. The standard InChI is InChI=1S/C18H12.Sb.3H/c1-2-8-14-13(7-1)15-9-3-4-11-17(15)18-12-6-5-10-16(14)18;;;;/h1-12H;;;;. The summed E-state index contributed by atoms with van der Waals surface area (Å²) in [6.07, 6.45) is 0. The van der Waals surface area contributed by atoms with Crippen LogP contribution in [0.3, 0.4) is 0 Å². The molecule has 0 radical (unpaired) electrons. The Morgan fingerprint density at radius 2 is 0.474 bits per heavy atom. The van der Waals surface area contributed by atoms with Crippen molar-refractivity contribution in [3.05, 3.63) is 72.8 Å². The van der Waals surface area contributed by atoms with E-state index in [9.17, 15) is 0 Å². The van der Waals surface area contributed by atoms with Crippen LogP contribution in [-0.2, 0) is 0 Å². The first-order valence-electron chi connectivity index (χ1n) is 6.23. The summed E-state index contributed by atoms with van der Waals surface area (Å²) >= 11 is 0. The molecule has 0 saturated carbocycles. The largest absolute Gasteiger partial charge is 0.0616 e. The molecule has 0 spiro atoms. The maximum Gasteiger partial charge on any atom is -0.00990 e. The molecule has 0 saturated heterocycles. The minimum atomic E-state index is 0. The Morgan fingerprint density at radius 1 is 0.316 bits per heavy atom. The van der Waals surface area contributed by atoms with Gasteiger partial charge in [-0.15, -0.1) is 0 Å². The normalized spacial score (nSPS) is 10.7. The fourth-order valence-corrected chi connectivity index (χ4v) is 2.86. The van der Waals surface area contributed by atoms with Crippen LogP contribution in [0.4, 0.5) is 0 Å². The van der Waals surface area contributed by atoms with Gasteiger partial charge in [-0.25, -0.2) is 0 Å². The summed E-state index contributed by atoms with van der Waals surface area (Å²) in [6.45, 7) is 0. The van der Waals surface area contributed by atoms with E-state index in [0.29, 0.717) is 0 Å². The molecular weight excluding hydrogens is 338 g/mol. The van der Waals surface area contributed by atoms with Crippen LogP contribution in [-0.4, -0.2) is 24.4 Å². The summed E-state index contributed by atoms with van der Waals surface area (Å²) in [4.78, 5) is 0. The van der Waals surface area contributed by atoms with Gasteiger partial charge in [0.05, 0.1) is 0 Å². The zero-order chi connectivity index (χ0) is 11.9. The number of benzene rings is 4. The minimum Gasteiger partial charge on any atom is -0.0616 e. The summed E-state index contributed by atoms with van der Waals surface area (Å²) in [5, 5.41) is 8.04. The Balaban J connectivity index is 0.00000110. The van der Waals surface area contributed by atoms with Gasteiger partial charge in [-0.2, -0.15) is 0 Å². The van der Waals surface area contributed by atoms with E-state index in [1.165, 1.54) is 32.3 Å². The second-order valence-corrected chi connectivity index (χ2v) is 4.64. The predicted molar refractivity (Wildman–Crippen MR) is 88.9 cm³/mol. The second kappa shape index (κ2) is 4.87. The van der Waals surface area contributed by atoms with E-state index >= 15 is 0 Å². The van der Waals surface area contributed by atoms with Gasteiger partial charge in [0.25, 0.3) is 0 Å². The molecule has 0 atom stereocenters. The summed E-state index contributed by atoms with van der Waals surface area (Å²) in [5.41, 5.74) is 0. The SMILES string of the molecule is [SbH3].c1ccc2c(c1)c1ccccc1c1ccccc21. The van der Waals surface area contributed by atoms with Gasteiger partial charge in [0.15, 0.2) is 0 Å². The molecule has 92 valence electrons. The topological polar surface area (TPSA) is 0 Å². The fourth-order valence-electron chi connectivity index (χ4n) is 2.86. The molecule has 0 heterocycles. The van der Waals surface area contributed by atoms with Gasteiger partial charge < -0.3 is 0 Å². The Kier molecular flexibility index (Phi) is 3.20. The van der Waals surface area contributed by atoms with Crippen molar-refractivity contribution >= 4 is 56.7 Å². The van der Waals surface area contributed by atoms with E-state index < -0.39 is 0 Å². The summed E-state index contributed by atoms with van der Waals surface area (Å²) in [6, 6.07) is 26.0. The van der Waals surface area contributed by atoms with E-state index in [1.807, 2.05) is 0 Å². The van der Waals surface area contributed by atoms with Crippen molar-refractivity contribution in [2.75, 3.05) is 0 Å². The molecule has 4 aromatic carbocycles. The molecule has 0 aromatic heterocycles. The average Bonchev–Trinajstić information content (AvgIpc) is 2.48. The predicted octanol–water partition coefficient (Wildman–Crippen LogP) is 3.96. The Hall–Kier alpha value is -1.52. The quantitative estimate of drug-likeness (QED) is 0.332. The van der Waals surface area contributed by atoms with Crippen LogP contribution in [0, 0.1) is 0 Å². The summed E-state index contributed by atoms with van der Waals surface area (Å²) < 4.78 is 0. The van der Waals surface area contributed by atoms with Crippen molar-refractivity contribution in [3.8, 4) is 0 Å². The Labute approximate surface area is 129 Å². The van der Waals surface area contributed by atoms with Gasteiger partial charge in [-0.1, -0.05) is 72.8 Å². The molecule has 0 bridgehead atoms. The minimum absolute atomic E-state index is 0. The molecule has 0 N–H and O–H groups in total. The van der Waals surface area contributed by atoms with Crippen LogP contribution in [0.15, 0.2) is 72.8 Å². The number of rotatable bonds is 0. The van der Waals surface area contributed by atoms with Crippen molar-refractivity contribution in [2.45, 2.75) is 0 Å². The van der Waals surface area contributed by atoms with Gasteiger partial charge in [0.2, 0.25) is 0 Å². The molecule has 0 unspecified atom stereocenters. The molecule has 4 aromatic rings. The van der Waals surface area contributed by atoms with Crippen molar-refractivity contribution < 1.29 is 0 Å². The van der Waals surface area contributed by atoms with Crippen LogP contribution in [0.1, 0.15) is 0 Å². The maximum atomic E-state index is 2.21. The third-order valence-electron chi connectivity index (χ3n) is 3.65. The van der Waals surface area contributed by atoms with Crippen molar-refractivity contribution in [2.24, 2.45) is 0 Å². The van der Waals surface area contributed by atoms with Crippen LogP contribution < -0.4 is 0 Å². The zero-order valence-electron chi connectivity index (χ0n) is 10.6. The molecule has 0 aliphatic rings. The zero-order valence-corrected chi connectivity index (χ0v) is 14.7. The van der Waals surface area contributed by atoms with Crippen molar-refractivity contribution in [1.82, 2.24) is 0 Å². The van der Waals surface area contributed by atoms with Crippen LogP contribution in [0.25, 0.3) is 32.3 Å². The average molecular weight is 353 g/mol. The first-order valence-corrected chi connectivity index (χ1v) is 6.23. The molecule has 0 nitrogen and oxygen atoms in total. The maximum absolute atomic E-state index is 2.21. The Bertz CT molecular complexity index is 657. The molecule has 0 fully saturated rings. The van der Waals surface area contributed by atoms with Crippen LogP contribution in [0.5, 0.6) is 0 Å². The third-order valence-corrected chi connectivity index (χ3v) is 3.65. The first-order chi connectivity index (χ1) is 8.95. The van der Waals surface area contributed by atoms with E-state index in [0.717, 1.165) is 0 Å². The van der Waals surface area contributed by atoms with Gasteiger partial charge in [-0.3, -0.25) is 0 Å². The van der Waals surface area contributed by atoms with Gasteiger partial charge in [0, 0.05) is 0 Å².